The van der Waals surface area contributed by atoms with Gasteiger partial charge in [0.15, 0.2) is 5.69 Å². The van der Waals surface area contributed by atoms with Gasteiger partial charge in [-0.05, 0) is 29.7 Å². The van der Waals surface area contributed by atoms with E-state index in [9.17, 15) is 0 Å². The molecule has 0 radical (unpaired) electrons. The zero-order valence-electron chi connectivity index (χ0n) is 11.3. The maximum atomic E-state index is 3.53. The molecule has 0 saturated carbocycles. The van der Waals surface area contributed by atoms with Crippen molar-refractivity contribution in [1.82, 2.24) is 4.98 Å². The molecule has 20 heavy (non-hydrogen) atoms. The summed E-state index contributed by atoms with van der Waals surface area (Å²) < 4.78 is 2.33. The van der Waals surface area contributed by atoms with E-state index < -0.39 is 0 Å². The van der Waals surface area contributed by atoms with E-state index in [1.54, 1.807) is 0 Å². The Balaban J connectivity index is 1.67. The van der Waals surface area contributed by atoms with Crippen molar-refractivity contribution in [3.05, 3.63) is 66.6 Å². The van der Waals surface area contributed by atoms with Crippen molar-refractivity contribution in [2.75, 3.05) is 0 Å². The lowest BCUT2D eigenvalue weighted by molar-refractivity contribution is -0.689. The number of fused-ring (bicyclic) bond motifs is 1. The molecule has 2 heterocycles. The van der Waals surface area contributed by atoms with Crippen LogP contribution in [0.4, 0.5) is 0 Å². The Bertz CT molecular complexity index is 702. The molecular weight excluding hydrogens is 244 g/mol. The van der Waals surface area contributed by atoms with Crippen molar-refractivity contribution >= 4 is 0 Å². The summed E-state index contributed by atoms with van der Waals surface area (Å²) in [5, 5.41) is 0. The van der Waals surface area contributed by atoms with Gasteiger partial charge in [-0.15, -0.1) is 0 Å². The molecule has 4 rings (SSSR count). The smallest absolute Gasteiger partial charge is 0.241 e. The standard InChI is InChI=1S/C18H16N2/c1-2-5-14(6-3-1)15-8-10-16(11-9-15)17-13-20-12-4-7-18(20)19-17/h1-3,5-6,8-11,13H,4,7,12H2/p+1. The lowest BCUT2D eigenvalue weighted by atomic mass is 10.0. The van der Waals surface area contributed by atoms with E-state index in [-0.39, 0.29) is 0 Å². The van der Waals surface area contributed by atoms with Gasteiger partial charge in [-0.1, -0.05) is 42.5 Å². The third-order valence-corrected chi connectivity index (χ3v) is 4.03. The van der Waals surface area contributed by atoms with E-state index in [0.717, 1.165) is 6.54 Å². The number of H-pyrrole nitrogens is 1. The van der Waals surface area contributed by atoms with Crippen molar-refractivity contribution in [3.63, 3.8) is 0 Å². The van der Waals surface area contributed by atoms with E-state index in [0.29, 0.717) is 0 Å². The van der Waals surface area contributed by atoms with Crippen LogP contribution in [0.15, 0.2) is 60.8 Å². The molecule has 1 aliphatic heterocycles. The van der Waals surface area contributed by atoms with Gasteiger partial charge in [-0.3, -0.25) is 0 Å². The molecule has 0 fully saturated rings. The van der Waals surface area contributed by atoms with Gasteiger partial charge < -0.3 is 0 Å². The van der Waals surface area contributed by atoms with Gasteiger partial charge in [-0.2, -0.15) is 0 Å². The summed E-state index contributed by atoms with van der Waals surface area (Å²) in [6.07, 6.45) is 4.67. The molecule has 1 aromatic heterocycles. The number of hydrogen-bond acceptors (Lipinski definition) is 0. The quantitative estimate of drug-likeness (QED) is 0.680. The second kappa shape index (κ2) is 4.64. The zero-order chi connectivity index (χ0) is 13.4. The molecular formula is C18H17N2+. The Morgan fingerprint density at radius 2 is 1.50 bits per heavy atom. The number of nitrogens with one attached hydrogen (secondary N) is 1. The molecule has 1 aliphatic rings. The van der Waals surface area contributed by atoms with Crippen LogP contribution in [-0.2, 0) is 13.0 Å². The van der Waals surface area contributed by atoms with Gasteiger partial charge in [0, 0.05) is 5.56 Å². The fourth-order valence-electron chi connectivity index (χ4n) is 2.94. The van der Waals surface area contributed by atoms with E-state index in [1.807, 2.05) is 0 Å². The van der Waals surface area contributed by atoms with Crippen LogP contribution in [0.5, 0.6) is 0 Å². The van der Waals surface area contributed by atoms with Crippen LogP contribution < -0.4 is 4.57 Å². The van der Waals surface area contributed by atoms with Crippen LogP contribution in [0.1, 0.15) is 12.2 Å². The third kappa shape index (κ3) is 1.94. The number of imidazole rings is 1. The van der Waals surface area contributed by atoms with Gasteiger partial charge in [0.25, 0.3) is 5.82 Å². The number of aromatic nitrogens is 2. The molecule has 98 valence electrons. The predicted octanol–water partition coefficient (Wildman–Crippen LogP) is 3.58. The first-order valence-electron chi connectivity index (χ1n) is 7.17. The SMILES string of the molecule is c1ccc(-c2ccc(-c3c[n+]4c([nH]3)CCC4)cc2)cc1. The van der Waals surface area contributed by atoms with Crippen molar-refractivity contribution in [2.45, 2.75) is 19.4 Å². The van der Waals surface area contributed by atoms with E-state index >= 15 is 0 Å². The fourth-order valence-corrected chi connectivity index (χ4v) is 2.94. The largest absolute Gasteiger partial charge is 0.254 e. The first-order chi connectivity index (χ1) is 9.90. The predicted molar refractivity (Wildman–Crippen MR) is 80.2 cm³/mol. The average Bonchev–Trinajstić information content (AvgIpc) is 3.10. The van der Waals surface area contributed by atoms with Crippen LogP contribution in [0.3, 0.4) is 0 Å². The highest BCUT2D eigenvalue weighted by Gasteiger charge is 2.21. The summed E-state index contributed by atoms with van der Waals surface area (Å²) in [5.41, 5.74) is 5.01. The molecule has 2 heteroatoms. The molecule has 0 bridgehead atoms. The van der Waals surface area contributed by atoms with E-state index in [1.165, 1.54) is 41.1 Å². The highest BCUT2D eigenvalue weighted by atomic mass is 15.1. The fraction of sp³-hybridized carbons (Fsp3) is 0.167. The van der Waals surface area contributed by atoms with Crippen LogP contribution in [0.2, 0.25) is 0 Å². The Morgan fingerprint density at radius 1 is 0.800 bits per heavy atom. The van der Waals surface area contributed by atoms with E-state index in [4.69, 9.17) is 0 Å². The number of hydrogen-bond donors (Lipinski definition) is 1. The molecule has 0 unspecified atom stereocenters. The maximum Gasteiger partial charge on any atom is 0.254 e. The highest BCUT2D eigenvalue weighted by Crippen LogP contribution is 2.24. The van der Waals surface area contributed by atoms with Crippen molar-refractivity contribution in [1.29, 1.82) is 0 Å². The minimum atomic E-state index is 1.15. The highest BCUT2D eigenvalue weighted by molar-refractivity contribution is 5.68. The second-order valence-corrected chi connectivity index (χ2v) is 5.35. The summed E-state index contributed by atoms with van der Waals surface area (Å²) >= 11 is 0. The number of aryl methyl sites for hydroxylation is 2. The van der Waals surface area contributed by atoms with Gasteiger partial charge in [0.2, 0.25) is 0 Å². The van der Waals surface area contributed by atoms with Gasteiger partial charge in [0.05, 0.1) is 13.0 Å². The van der Waals surface area contributed by atoms with Crippen molar-refractivity contribution < 1.29 is 4.57 Å². The molecule has 0 atom stereocenters. The summed E-state index contributed by atoms with van der Waals surface area (Å²) in [7, 11) is 0. The minimum Gasteiger partial charge on any atom is -0.241 e. The Morgan fingerprint density at radius 3 is 2.25 bits per heavy atom. The first-order valence-corrected chi connectivity index (χ1v) is 7.17. The van der Waals surface area contributed by atoms with Crippen LogP contribution in [0.25, 0.3) is 22.4 Å². The van der Waals surface area contributed by atoms with Crippen LogP contribution >= 0.6 is 0 Å². The van der Waals surface area contributed by atoms with Crippen LogP contribution in [0, 0.1) is 0 Å². The molecule has 0 spiro atoms. The summed E-state index contributed by atoms with van der Waals surface area (Å²) in [4.78, 5) is 3.53. The van der Waals surface area contributed by atoms with Crippen molar-refractivity contribution in [3.8, 4) is 22.4 Å². The molecule has 0 saturated heterocycles. The summed E-state index contributed by atoms with van der Waals surface area (Å²) in [6, 6.07) is 19.3. The zero-order valence-corrected chi connectivity index (χ0v) is 11.3. The number of aromatic amines is 1. The molecule has 3 aromatic rings. The minimum absolute atomic E-state index is 1.15. The monoisotopic (exact) mass is 261 g/mol. The average molecular weight is 261 g/mol. The van der Waals surface area contributed by atoms with Crippen LogP contribution in [-0.4, -0.2) is 4.98 Å². The number of rotatable bonds is 2. The van der Waals surface area contributed by atoms with Crippen molar-refractivity contribution in [2.24, 2.45) is 0 Å². The third-order valence-electron chi connectivity index (χ3n) is 4.03. The summed E-state index contributed by atoms with van der Waals surface area (Å²) in [6.45, 7) is 1.15. The molecule has 2 nitrogen and oxygen atoms in total. The lowest BCUT2D eigenvalue weighted by Gasteiger charge is -2.01. The second-order valence-electron chi connectivity index (χ2n) is 5.35. The first kappa shape index (κ1) is 11.5. The molecule has 2 aromatic carbocycles. The molecule has 1 N–H and O–H groups in total. The number of nitrogens with zero attached hydrogens (tertiary/aromatic N) is 1. The Kier molecular flexibility index (Phi) is 2.66. The Labute approximate surface area is 118 Å². The summed E-state index contributed by atoms with van der Waals surface area (Å²) in [5.74, 6) is 1.35. The molecule has 0 aliphatic carbocycles. The lowest BCUT2D eigenvalue weighted by Crippen LogP contribution is -2.29. The van der Waals surface area contributed by atoms with E-state index in [2.05, 4.69) is 70.3 Å². The maximum absolute atomic E-state index is 3.53. The number of benzene rings is 2. The topological polar surface area (TPSA) is 19.7 Å². The van der Waals surface area contributed by atoms with Gasteiger partial charge >= 0.3 is 0 Å². The van der Waals surface area contributed by atoms with Gasteiger partial charge in [0.1, 0.15) is 6.20 Å². The Hall–Kier alpha value is -2.35. The molecule has 0 amide bonds. The normalized spacial score (nSPS) is 13.4. The van der Waals surface area contributed by atoms with Gasteiger partial charge in [-0.25, -0.2) is 9.55 Å².